The van der Waals surface area contributed by atoms with Crippen LogP contribution in [0.3, 0.4) is 0 Å². The van der Waals surface area contributed by atoms with Crippen LogP contribution in [0.1, 0.15) is 36.6 Å². The van der Waals surface area contributed by atoms with Gasteiger partial charge >= 0.3 is 5.91 Å². The Bertz CT molecular complexity index is 1110. The van der Waals surface area contributed by atoms with Crippen LogP contribution in [0.15, 0.2) is 39.6 Å². The number of rotatable bonds is 11. The number of anilines is 1. The van der Waals surface area contributed by atoms with E-state index in [9.17, 15) is 28.1 Å². The van der Waals surface area contributed by atoms with E-state index in [1.165, 1.54) is 12.1 Å². The molecule has 0 saturated heterocycles. The highest BCUT2D eigenvalue weighted by molar-refractivity contribution is 7.89. The number of hydrogen-bond donors (Lipinski definition) is 4. The summed E-state index contributed by atoms with van der Waals surface area (Å²) in [5.74, 6) is -0.526. The Kier molecular flexibility index (Phi) is 8.90. The molecule has 1 heterocycles. The van der Waals surface area contributed by atoms with Crippen molar-refractivity contribution in [1.82, 2.24) is 15.8 Å². The van der Waals surface area contributed by atoms with Crippen LogP contribution in [0.5, 0.6) is 0 Å². The number of hydrogen-bond acceptors (Lipinski definition) is 9. The Morgan fingerprint density at radius 1 is 1.15 bits per heavy atom. The molecule has 0 aliphatic carbocycles. The number of furan rings is 1. The smallest absolute Gasteiger partial charge is 0.305 e. The molecule has 2 aromatic rings. The van der Waals surface area contributed by atoms with E-state index in [4.69, 9.17) is 9.56 Å². The van der Waals surface area contributed by atoms with Crippen molar-refractivity contribution in [1.29, 1.82) is 0 Å². The zero-order valence-corrected chi connectivity index (χ0v) is 19.0. The SMILES string of the molecule is CCN(CC)Cc1ccc(C(=O)NNC(=O)CCNc2ccc(S(N)(=O)=O)cc2[N+](=O)[O-])o1. The number of nitro benzene ring substituents is 1. The first-order valence-electron chi connectivity index (χ1n) is 10.0. The number of nitro groups is 1. The molecule has 0 aliphatic heterocycles. The lowest BCUT2D eigenvalue weighted by molar-refractivity contribution is -0.384. The third-order valence-corrected chi connectivity index (χ3v) is 5.55. The quantitative estimate of drug-likeness (QED) is 0.267. The van der Waals surface area contributed by atoms with Crippen molar-refractivity contribution in [3.8, 4) is 0 Å². The maximum Gasteiger partial charge on any atom is 0.305 e. The molecule has 5 N–H and O–H groups in total. The van der Waals surface area contributed by atoms with Gasteiger partial charge in [0.25, 0.3) is 5.69 Å². The third-order valence-electron chi connectivity index (χ3n) is 4.64. The lowest BCUT2D eigenvalue weighted by Gasteiger charge is -2.15. The molecular formula is C19H26N6O7S. The summed E-state index contributed by atoms with van der Waals surface area (Å²) < 4.78 is 28.2. The topological polar surface area (TPSA) is 190 Å². The van der Waals surface area contributed by atoms with Gasteiger partial charge in [0, 0.05) is 19.0 Å². The Morgan fingerprint density at radius 2 is 1.85 bits per heavy atom. The first kappa shape index (κ1) is 25.8. The number of nitrogens with one attached hydrogen (secondary N) is 3. The minimum absolute atomic E-state index is 0.0144. The number of carbonyl (C=O) groups excluding carboxylic acids is 2. The van der Waals surface area contributed by atoms with E-state index in [1.54, 1.807) is 6.07 Å². The van der Waals surface area contributed by atoms with Crippen LogP contribution in [0.25, 0.3) is 0 Å². The van der Waals surface area contributed by atoms with Crippen LogP contribution in [0.4, 0.5) is 11.4 Å². The second kappa shape index (κ2) is 11.4. The van der Waals surface area contributed by atoms with Crippen LogP contribution in [0, 0.1) is 10.1 Å². The van der Waals surface area contributed by atoms with E-state index in [2.05, 4.69) is 21.1 Å². The van der Waals surface area contributed by atoms with E-state index in [-0.39, 0.29) is 24.4 Å². The number of sulfonamides is 1. The molecule has 13 nitrogen and oxygen atoms in total. The number of hydrazine groups is 1. The zero-order valence-electron chi connectivity index (χ0n) is 18.2. The average molecular weight is 483 g/mol. The Hall–Kier alpha value is -3.49. The maximum atomic E-state index is 12.1. The van der Waals surface area contributed by atoms with Crippen molar-refractivity contribution in [3.63, 3.8) is 0 Å². The van der Waals surface area contributed by atoms with E-state index >= 15 is 0 Å². The summed E-state index contributed by atoms with van der Waals surface area (Å²) in [6.45, 7) is 6.24. The fourth-order valence-electron chi connectivity index (χ4n) is 2.80. The fourth-order valence-corrected chi connectivity index (χ4v) is 3.34. The number of benzene rings is 1. The molecule has 0 unspecified atom stereocenters. The zero-order chi connectivity index (χ0) is 24.6. The predicted octanol–water partition coefficient (Wildman–Crippen LogP) is 0.940. The molecule has 0 spiro atoms. The summed E-state index contributed by atoms with van der Waals surface area (Å²) in [7, 11) is -4.10. The van der Waals surface area contributed by atoms with Gasteiger partial charge in [0.15, 0.2) is 5.76 Å². The lowest BCUT2D eigenvalue weighted by Crippen LogP contribution is -2.42. The van der Waals surface area contributed by atoms with E-state index in [0.29, 0.717) is 12.3 Å². The largest absolute Gasteiger partial charge is 0.454 e. The molecule has 2 amide bonds. The van der Waals surface area contributed by atoms with Crippen molar-refractivity contribution < 1.29 is 27.3 Å². The van der Waals surface area contributed by atoms with E-state index < -0.39 is 37.3 Å². The van der Waals surface area contributed by atoms with Crippen molar-refractivity contribution in [2.24, 2.45) is 5.14 Å². The van der Waals surface area contributed by atoms with Gasteiger partial charge in [-0.25, -0.2) is 13.6 Å². The van der Waals surface area contributed by atoms with Gasteiger partial charge in [-0.3, -0.25) is 35.5 Å². The summed E-state index contributed by atoms with van der Waals surface area (Å²) in [4.78, 5) is 36.2. The second-order valence-electron chi connectivity index (χ2n) is 6.89. The highest BCUT2D eigenvalue weighted by atomic mass is 32.2. The van der Waals surface area contributed by atoms with Crippen LogP contribution in [-0.4, -0.2) is 49.7 Å². The molecule has 14 heteroatoms. The van der Waals surface area contributed by atoms with E-state index in [0.717, 1.165) is 25.2 Å². The van der Waals surface area contributed by atoms with Crippen molar-refractivity contribution >= 4 is 33.2 Å². The maximum absolute atomic E-state index is 12.1. The van der Waals surface area contributed by atoms with Gasteiger partial charge in [0.2, 0.25) is 15.9 Å². The van der Waals surface area contributed by atoms with Crippen LogP contribution in [-0.2, 0) is 21.4 Å². The summed E-state index contributed by atoms with van der Waals surface area (Å²) >= 11 is 0. The molecule has 0 fully saturated rings. The Morgan fingerprint density at radius 3 is 2.45 bits per heavy atom. The molecule has 0 saturated carbocycles. The predicted molar refractivity (Wildman–Crippen MR) is 119 cm³/mol. The van der Waals surface area contributed by atoms with Gasteiger partial charge in [-0.05, 0) is 37.4 Å². The molecule has 0 radical (unpaired) electrons. The van der Waals surface area contributed by atoms with Gasteiger partial charge in [-0.15, -0.1) is 0 Å². The highest BCUT2D eigenvalue weighted by Crippen LogP contribution is 2.27. The number of nitrogens with zero attached hydrogens (tertiary/aromatic N) is 2. The number of amides is 2. The molecule has 33 heavy (non-hydrogen) atoms. The summed E-state index contributed by atoms with van der Waals surface area (Å²) in [6, 6.07) is 6.32. The van der Waals surface area contributed by atoms with Crippen LogP contribution >= 0.6 is 0 Å². The fraction of sp³-hybridized carbons (Fsp3) is 0.368. The summed E-state index contributed by atoms with van der Waals surface area (Å²) in [5, 5.41) is 18.9. The molecule has 1 aromatic carbocycles. The number of primary sulfonamides is 1. The molecule has 2 rings (SSSR count). The monoisotopic (exact) mass is 482 g/mol. The standard InChI is InChI=1S/C19H26N6O7S/c1-3-24(4-2)12-13-5-8-17(32-13)19(27)23-22-18(26)9-10-21-15-7-6-14(33(20,30)31)11-16(15)25(28)29/h5-8,11,21H,3-4,9-10,12H2,1-2H3,(H,22,26)(H,23,27)(H2,20,30,31). The Labute approximate surface area is 190 Å². The first-order valence-corrected chi connectivity index (χ1v) is 11.5. The van der Waals surface area contributed by atoms with Gasteiger partial charge in [0.1, 0.15) is 11.4 Å². The third kappa shape index (κ3) is 7.55. The van der Waals surface area contributed by atoms with Crippen molar-refractivity contribution in [2.45, 2.75) is 31.7 Å². The number of carbonyl (C=O) groups is 2. The normalized spacial score (nSPS) is 11.3. The summed E-state index contributed by atoms with van der Waals surface area (Å²) in [5.41, 5.74) is 3.97. The lowest BCUT2D eigenvalue weighted by atomic mass is 10.2. The van der Waals surface area contributed by atoms with Crippen LogP contribution in [0.2, 0.25) is 0 Å². The molecular weight excluding hydrogens is 456 g/mol. The molecule has 0 atom stereocenters. The average Bonchev–Trinajstić information content (AvgIpc) is 3.23. The second-order valence-corrected chi connectivity index (χ2v) is 8.45. The molecule has 180 valence electrons. The summed E-state index contributed by atoms with van der Waals surface area (Å²) in [6.07, 6.45) is -0.139. The van der Waals surface area contributed by atoms with Gasteiger partial charge in [-0.1, -0.05) is 13.8 Å². The van der Waals surface area contributed by atoms with E-state index in [1.807, 2.05) is 13.8 Å². The van der Waals surface area contributed by atoms with Gasteiger partial charge in [0.05, 0.1) is 16.4 Å². The van der Waals surface area contributed by atoms with Crippen LogP contribution < -0.4 is 21.3 Å². The highest BCUT2D eigenvalue weighted by Gasteiger charge is 2.19. The minimum Gasteiger partial charge on any atom is -0.454 e. The van der Waals surface area contributed by atoms with Gasteiger partial charge in [-0.2, -0.15) is 0 Å². The Balaban J connectivity index is 1.85. The van der Waals surface area contributed by atoms with Crippen molar-refractivity contribution in [3.05, 3.63) is 52.0 Å². The van der Waals surface area contributed by atoms with Crippen molar-refractivity contribution in [2.75, 3.05) is 25.0 Å². The number of nitrogens with two attached hydrogens (primary N) is 1. The first-order chi connectivity index (χ1) is 15.5. The minimum atomic E-state index is -4.10. The molecule has 0 bridgehead atoms. The molecule has 0 aliphatic rings. The van der Waals surface area contributed by atoms with Gasteiger partial charge < -0.3 is 9.73 Å². The molecule has 1 aromatic heterocycles.